The van der Waals surface area contributed by atoms with Crippen LogP contribution in [0.3, 0.4) is 0 Å². The Morgan fingerprint density at radius 3 is 2.40 bits per heavy atom. The minimum atomic E-state index is -5.79. The molecule has 10 heteroatoms. The molecule has 0 amide bonds. The highest BCUT2D eigenvalue weighted by Gasteiger charge is 2.48. The van der Waals surface area contributed by atoms with E-state index in [0.717, 1.165) is 12.1 Å². The van der Waals surface area contributed by atoms with Crippen molar-refractivity contribution in [2.75, 3.05) is 6.61 Å². The minimum absolute atomic E-state index is 0.00334. The number of carbonyl (C=O) groups excluding carboxylic acids is 1. The first-order valence-corrected chi connectivity index (χ1v) is 6.65. The second kappa shape index (κ2) is 5.65. The molecule has 0 saturated carbocycles. The van der Waals surface area contributed by atoms with Crippen molar-refractivity contribution in [3.8, 4) is 5.88 Å². The first-order chi connectivity index (χ1) is 9.08. The lowest BCUT2D eigenvalue weighted by atomic mass is 10.2. The highest BCUT2D eigenvalue weighted by molar-refractivity contribution is 7.87. The summed E-state index contributed by atoms with van der Waals surface area (Å²) >= 11 is 0. The molecule has 0 spiro atoms. The molecule has 0 aliphatic rings. The third-order valence-electron chi connectivity index (χ3n) is 2.03. The Hall–Kier alpha value is -1.84. The summed E-state index contributed by atoms with van der Waals surface area (Å²) in [5.74, 6) is -1.50. The van der Waals surface area contributed by atoms with Crippen LogP contribution in [0.15, 0.2) is 12.1 Å². The average Bonchev–Trinajstić information content (AvgIpc) is 2.27. The molecule has 0 N–H and O–H groups in total. The smallest absolute Gasteiger partial charge is 0.462 e. The van der Waals surface area contributed by atoms with Crippen molar-refractivity contribution in [1.82, 2.24) is 4.98 Å². The Balaban J connectivity index is 3.03. The highest BCUT2D eigenvalue weighted by Crippen LogP contribution is 2.26. The molecule has 20 heavy (non-hydrogen) atoms. The van der Waals surface area contributed by atoms with Crippen LogP contribution < -0.4 is 4.18 Å². The van der Waals surface area contributed by atoms with Crippen LogP contribution in [-0.4, -0.2) is 31.5 Å². The van der Waals surface area contributed by atoms with Crippen LogP contribution in [0.4, 0.5) is 13.2 Å². The molecule has 0 bridgehead atoms. The van der Waals surface area contributed by atoms with Crippen LogP contribution in [-0.2, 0) is 14.9 Å². The van der Waals surface area contributed by atoms with Gasteiger partial charge in [0.25, 0.3) is 0 Å². The number of rotatable bonds is 4. The minimum Gasteiger partial charge on any atom is -0.462 e. The maximum Gasteiger partial charge on any atom is 0.534 e. The third-order valence-corrected chi connectivity index (χ3v) is 2.99. The van der Waals surface area contributed by atoms with Gasteiger partial charge >= 0.3 is 21.6 Å². The van der Waals surface area contributed by atoms with Gasteiger partial charge in [-0.2, -0.15) is 21.6 Å². The SMILES string of the molecule is CCOC(=O)c1ccc(OS(=O)(=O)C(F)(F)F)nc1C. The first-order valence-electron chi connectivity index (χ1n) is 5.24. The Bertz CT molecular complexity index is 612. The van der Waals surface area contributed by atoms with E-state index in [1.807, 2.05) is 0 Å². The first kappa shape index (κ1) is 16.2. The predicted octanol–water partition coefficient (Wildman–Crippen LogP) is 1.80. The quantitative estimate of drug-likeness (QED) is 0.479. The van der Waals surface area contributed by atoms with E-state index in [-0.39, 0.29) is 17.9 Å². The molecule has 0 atom stereocenters. The van der Waals surface area contributed by atoms with Crippen LogP contribution in [0.1, 0.15) is 23.0 Å². The van der Waals surface area contributed by atoms with Gasteiger partial charge < -0.3 is 8.92 Å². The summed E-state index contributed by atoms with van der Waals surface area (Å²) in [6.45, 7) is 2.99. The number of alkyl halides is 3. The average molecular weight is 313 g/mol. The lowest BCUT2D eigenvalue weighted by Crippen LogP contribution is -2.28. The number of hydrogen-bond acceptors (Lipinski definition) is 6. The molecule has 0 aromatic carbocycles. The lowest BCUT2D eigenvalue weighted by Gasteiger charge is -2.10. The molecule has 1 rings (SSSR count). The molecule has 1 aromatic heterocycles. The summed E-state index contributed by atoms with van der Waals surface area (Å²) in [4.78, 5) is 14.9. The maximum atomic E-state index is 12.1. The van der Waals surface area contributed by atoms with Gasteiger partial charge in [0, 0.05) is 6.07 Å². The lowest BCUT2D eigenvalue weighted by molar-refractivity contribution is -0.0501. The van der Waals surface area contributed by atoms with Crippen LogP contribution in [0.5, 0.6) is 5.88 Å². The number of carbonyl (C=O) groups is 1. The zero-order valence-corrected chi connectivity index (χ0v) is 11.2. The second-order valence-electron chi connectivity index (χ2n) is 3.49. The molecule has 0 saturated heterocycles. The van der Waals surface area contributed by atoms with E-state index in [0.29, 0.717) is 0 Å². The largest absolute Gasteiger partial charge is 0.534 e. The molecule has 1 aromatic rings. The van der Waals surface area contributed by atoms with E-state index in [1.165, 1.54) is 6.92 Å². The predicted molar refractivity (Wildman–Crippen MR) is 60.5 cm³/mol. The summed E-state index contributed by atoms with van der Waals surface area (Å²) in [6, 6.07) is 1.91. The zero-order chi connectivity index (χ0) is 15.6. The summed E-state index contributed by atoms with van der Waals surface area (Å²) < 4.78 is 66.4. The van der Waals surface area contributed by atoms with Gasteiger partial charge in [0.05, 0.1) is 17.9 Å². The Morgan fingerprint density at radius 1 is 1.35 bits per heavy atom. The Morgan fingerprint density at radius 2 is 1.95 bits per heavy atom. The summed E-state index contributed by atoms with van der Waals surface area (Å²) in [5.41, 5.74) is -5.57. The van der Waals surface area contributed by atoms with E-state index in [4.69, 9.17) is 0 Å². The normalized spacial score (nSPS) is 12.1. The Kier molecular flexibility index (Phi) is 4.58. The number of esters is 1. The molecule has 0 aliphatic carbocycles. The molecular formula is C10H10F3NO5S. The Labute approximate surface area is 112 Å². The number of aryl methyl sites for hydroxylation is 1. The van der Waals surface area contributed by atoms with Crippen molar-refractivity contribution in [3.05, 3.63) is 23.4 Å². The zero-order valence-electron chi connectivity index (χ0n) is 10.4. The van der Waals surface area contributed by atoms with Crippen molar-refractivity contribution in [2.45, 2.75) is 19.4 Å². The van der Waals surface area contributed by atoms with E-state index in [1.54, 1.807) is 6.92 Å². The third kappa shape index (κ3) is 3.59. The van der Waals surface area contributed by atoms with Crippen LogP contribution in [0.2, 0.25) is 0 Å². The number of ether oxygens (including phenoxy) is 1. The molecular weight excluding hydrogens is 303 g/mol. The van der Waals surface area contributed by atoms with E-state index >= 15 is 0 Å². The van der Waals surface area contributed by atoms with E-state index in [9.17, 15) is 26.4 Å². The number of hydrogen-bond donors (Lipinski definition) is 0. The topological polar surface area (TPSA) is 82.6 Å². The van der Waals surface area contributed by atoms with Crippen molar-refractivity contribution < 1.29 is 35.3 Å². The molecule has 112 valence electrons. The summed E-state index contributed by atoms with van der Waals surface area (Å²) in [5, 5.41) is 0. The fourth-order valence-corrected chi connectivity index (χ4v) is 1.58. The van der Waals surface area contributed by atoms with Gasteiger partial charge in [-0.25, -0.2) is 9.78 Å². The fraction of sp³-hybridized carbons (Fsp3) is 0.400. The highest BCUT2D eigenvalue weighted by atomic mass is 32.2. The van der Waals surface area contributed by atoms with Gasteiger partial charge in [-0.05, 0) is 19.9 Å². The van der Waals surface area contributed by atoms with Gasteiger partial charge in [-0.1, -0.05) is 0 Å². The number of halogens is 3. The standard InChI is InChI=1S/C10H10F3NO5S/c1-3-18-9(15)7-4-5-8(14-6(7)2)19-20(16,17)10(11,12)13/h4-5H,3H2,1-2H3. The summed E-state index contributed by atoms with van der Waals surface area (Å²) in [6.07, 6.45) is 0. The van der Waals surface area contributed by atoms with Crippen molar-refractivity contribution in [1.29, 1.82) is 0 Å². The van der Waals surface area contributed by atoms with Crippen LogP contribution in [0, 0.1) is 6.92 Å². The fourth-order valence-electron chi connectivity index (χ4n) is 1.17. The number of nitrogens with zero attached hydrogens (tertiary/aromatic N) is 1. The second-order valence-corrected chi connectivity index (χ2v) is 5.02. The van der Waals surface area contributed by atoms with Crippen molar-refractivity contribution >= 4 is 16.1 Å². The molecule has 6 nitrogen and oxygen atoms in total. The van der Waals surface area contributed by atoms with Gasteiger partial charge in [0.1, 0.15) is 0 Å². The van der Waals surface area contributed by atoms with E-state index < -0.39 is 27.5 Å². The van der Waals surface area contributed by atoms with Crippen molar-refractivity contribution in [2.24, 2.45) is 0 Å². The van der Waals surface area contributed by atoms with Crippen LogP contribution >= 0.6 is 0 Å². The van der Waals surface area contributed by atoms with Crippen LogP contribution in [0.25, 0.3) is 0 Å². The van der Waals surface area contributed by atoms with Gasteiger partial charge in [0.15, 0.2) is 0 Å². The maximum absolute atomic E-state index is 12.1. The van der Waals surface area contributed by atoms with Gasteiger partial charge in [-0.15, -0.1) is 0 Å². The van der Waals surface area contributed by atoms with E-state index in [2.05, 4.69) is 13.9 Å². The molecule has 0 fully saturated rings. The molecule has 1 heterocycles. The molecule has 0 aliphatic heterocycles. The number of aromatic nitrogens is 1. The molecule has 0 radical (unpaired) electrons. The summed E-state index contributed by atoms with van der Waals surface area (Å²) in [7, 11) is -5.79. The molecule has 0 unspecified atom stereocenters. The monoisotopic (exact) mass is 313 g/mol. The van der Waals surface area contributed by atoms with Gasteiger partial charge in [-0.3, -0.25) is 0 Å². The van der Waals surface area contributed by atoms with Crippen molar-refractivity contribution in [3.63, 3.8) is 0 Å². The number of pyridine rings is 1. The van der Waals surface area contributed by atoms with Gasteiger partial charge in [0.2, 0.25) is 5.88 Å².